The Morgan fingerprint density at radius 3 is 2.91 bits per heavy atom. The first-order valence-electron chi connectivity index (χ1n) is 8.64. The van der Waals surface area contributed by atoms with Gasteiger partial charge in [0.25, 0.3) is 0 Å². The highest BCUT2D eigenvalue weighted by Crippen LogP contribution is 2.33. The number of anilines is 1. The van der Waals surface area contributed by atoms with Crippen molar-refractivity contribution < 1.29 is 4.79 Å². The molecular weight excluding hydrogens is 296 g/mol. The largest absolute Gasteiger partial charge is 0.294 e. The van der Waals surface area contributed by atoms with Gasteiger partial charge in [-0.15, -0.1) is 10.2 Å². The van der Waals surface area contributed by atoms with Crippen LogP contribution in [0, 0.1) is 11.8 Å². The summed E-state index contributed by atoms with van der Waals surface area (Å²) in [5.41, 5.74) is 0. The summed E-state index contributed by atoms with van der Waals surface area (Å²) >= 11 is 1.72. The van der Waals surface area contributed by atoms with Crippen LogP contribution in [0.1, 0.15) is 58.3 Å². The summed E-state index contributed by atoms with van der Waals surface area (Å²) in [6.45, 7) is 3.16. The van der Waals surface area contributed by atoms with E-state index in [9.17, 15) is 4.79 Å². The summed E-state index contributed by atoms with van der Waals surface area (Å²) in [5, 5.41) is 12.3. The Balaban J connectivity index is 1.52. The fourth-order valence-corrected chi connectivity index (χ4v) is 4.38. The predicted molar refractivity (Wildman–Crippen MR) is 89.0 cm³/mol. The van der Waals surface area contributed by atoms with Gasteiger partial charge < -0.3 is 0 Å². The van der Waals surface area contributed by atoms with E-state index in [1.165, 1.54) is 32.1 Å². The topological polar surface area (TPSA) is 59.8 Å². The van der Waals surface area contributed by atoms with E-state index in [0.29, 0.717) is 5.95 Å². The Kier molecular flexibility index (Phi) is 5.39. The standard InChI is InChI=1S/C16H26N4OS/c1-2-3-5-12-6-8-13(9-7-12)14(21)17-15-18-19-16-20(15)10-4-11-22-16/h12-13H,2-11H2,1H3,(H,17,18,21). The molecule has 1 fully saturated rings. The summed E-state index contributed by atoms with van der Waals surface area (Å²) in [6, 6.07) is 0. The number of unbranched alkanes of at least 4 members (excludes halogenated alkanes) is 1. The highest BCUT2D eigenvalue weighted by atomic mass is 32.2. The molecule has 6 heteroatoms. The van der Waals surface area contributed by atoms with Gasteiger partial charge in [-0.05, 0) is 38.0 Å². The zero-order valence-electron chi connectivity index (χ0n) is 13.4. The van der Waals surface area contributed by atoms with Crippen molar-refractivity contribution >= 4 is 23.6 Å². The fraction of sp³-hybridized carbons (Fsp3) is 0.812. The van der Waals surface area contributed by atoms with E-state index in [1.807, 2.05) is 4.57 Å². The molecule has 0 bridgehead atoms. The zero-order valence-corrected chi connectivity index (χ0v) is 14.2. The monoisotopic (exact) mass is 322 g/mol. The number of fused-ring (bicyclic) bond motifs is 1. The smallest absolute Gasteiger partial charge is 0.231 e. The van der Waals surface area contributed by atoms with E-state index in [-0.39, 0.29) is 11.8 Å². The van der Waals surface area contributed by atoms with Gasteiger partial charge in [0.1, 0.15) is 0 Å². The lowest BCUT2D eigenvalue weighted by molar-refractivity contribution is -0.121. The van der Waals surface area contributed by atoms with Crippen LogP contribution in [0.25, 0.3) is 0 Å². The maximum Gasteiger partial charge on any atom is 0.231 e. The lowest BCUT2D eigenvalue weighted by Crippen LogP contribution is -2.28. The minimum absolute atomic E-state index is 0.139. The Bertz CT molecular complexity index is 508. The number of hydrogen-bond acceptors (Lipinski definition) is 4. The minimum atomic E-state index is 0.139. The van der Waals surface area contributed by atoms with Crippen LogP contribution < -0.4 is 5.32 Å². The molecule has 1 aliphatic carbocycles. The number of nitrogens with zero attached hydrogens (tertiary/aromatic N) is 3. The Morgan fingerprint density at radius 2 is 2.14 bits per heavy atom. The summed E-state index contributed by atoms with van der Waals surface area (Å²) in [7, 11) is 0. The highest BCUT2D eigenvalue weighted by Gasteiger charge is 2.27. The van der Waals surface area contributed by atoms with Crippen molar-refractivity contribution in [3.05, 3.63) is 0 Å². The Hall–Kier alpha value is -1.04. The third kappa shape index (κ3) is 3.65. The van der Waals surface area contributed by atoms with Gasteiger partial charge in [0.2, 0.25) is 11.9 Å². The zero-order chi connectivity index (χ0) is 15.4. The first kappa shape index (κ1) is 15.8. The molecular formula is C16H26N4OS. The second kappa shape index (κ2) is 7.49. The summed E-state index contributed by atoms with van der Waals surface area (Å²) < 4.78 is 2.04. The normalized spacial score (nSPS) is 24.8. The van der Waals surface area contributed by atoms with Gasteiger partial charge >= 0.3 is 0 Å². The van der Waals surface area contributed by atoms with Crippen LogP contribution in [0.15, 0.2) is 5.16 Å². The summed E-state index contributed by atoms with van der Waals surface area (Å²) in [4.78, 5) is 12.5. The fourth-order valence-electron chi connectivity index (χ4n) is 3.49. The van der Waals surface area contributed by atoms with Crippen molar-refractivity contribution in [3.63, 3.8) is 0 Å². The molecule has 5 nitrogen and oxygen atoms in total. The first-order chi connectivity index (χ1) is 10.8. The molecule has 1 aromatic heterocycles. The SMILES string of the molecule is CCCCC1CCC(C(=O)Nc2nnc3n2CCCS3)CC1. The third-order valence-electron chi connectivity index (χ3n) is 4.89. The number of carbonyl (C=O) groups is 1. The average molecular weight is 322 g/mol. The van der Waals surface area contributed by atoms with Crippen LogP contribution in [0.3, 0.4) is 0 Å². The molecule has 0 radical (unpaired) electrons. The minimum Gasteiger partial charge on any atom is -0.294 e. The Morgan fingerprint density at radius 1 is 1.32 bits per heavy atom. The maximum atomic E-state index is 12.5. The second-order valence-electron chi connectivity index (χ2n) is 6.51. The number of hydrogen-bond donors (Lipinski definition) is 1. The van der Waals surface area contributed by atoms with Crippen molar-refractivity contribution in [1.29, 1.82) is 0 Å². The predicted octanol–water partition coefficient (Wildman–Crippen LogP) is 3.71. The van der Waals surface area contributed by atoms with Crippen LogP contribution in [-0.2, 0) is 11.3 Å². The van der Waals surface area contributed by atoms with E-state index in [0.717, 1.165) is 42.6 Å². The van der Waals surface area contributed by atoms with Crippen LogP contribution >= 0.6 is 11.8 Å². The maximum absolute atomic E-state index is 12.5. The number of rotatable bonds is 5. The number of carbonyl (C=O) groups excluding carboxylic acids is 1. The molecule has 22 heavy (non-hydrogen) atoms. The van der Waals surface area contributed by atoms with Crippen LogP contribution in [-0.4, -0.2) is 26.4 Å². The lowest BCUT2D eigenvalue weighted by atomic mass is 9.79. The number of aromatic nitrogens is 3. The summed E-state index contributed by atoms with van der Waals surface area (Å²) in [6.07, 6.45) is 9.49. The third-order valence-corrected chi connectivity index (χ3v) is 5.95. The van der Waals surface area contributed by atoms with Crippen molar-refractivity contribution in [2.45, 2.75) is 70.0 Å². The quantitative estimate of drug-likeness (QED) is 0.898. The van der Waals surface area contributed by atoms with Gasteiger partial charge in [0.15, 0.2) is 5.16 Å². The average Bonchev–Trinajstić information content (AvgIpc) is 2.96. The molecule has 1 aromatic rings. The van der Waals surface area contributed by atoms with E-state index in [1.54, 1.807) is 11.8 Å². The molecule has 0 atom stereocenters. The van der Waals surface area contributed by atoms with E-state index >= 15 is 0 Å². The van der Waals surface area contributed by atoms with Gasteiger partial charge in [0.05, 0.1) is 0 Å². The summed E-state index contributed by atoms with van der Waals surface area (Å²) in [5.74, 6) is 2.86. The second-order valence-corrected chi connectivity index (χ2v) is 7.57. The molecule has 1 N–H and O–H groups in total. The molecule has 0 aromatic carbocycles. The molecule has 0 unspecified atom stereocenters. The Labute approximate surface area is 136 Å². The van der Waals surface area contributed by atoms with Gasteiger partial charge in [-0.3, -0.25) is 14.7 Å². The van der Waals surface area contributed by atoms with Crippen molar-refractivity contribution in [2.24, 2.45) is 11.8 Å². The molecule has 0 spiro atoms. The van der Waals surface area contributed by atoms with Crippen molar-refractivity contribution in [2.75, 3.05) is 11.1 Å². The van der Waals surface area contributed by atoms with Gasteiger partial charge in [0, 0.05) is 18.2 Å². The molecule has 1 saturated carbocycles. The van der Waals surface area contributed by atoms with Crippen LogP contribution in [0.2, 0.25) is 0 Å². The van der Waals surface area contributed by atoms with Gasteiger partial charge in [-0.1, -0.05) is 37.9 Å². The molecule has 1 aliphatic heterocycles. The number of thioether (sulfide) groups is 1. The van der Waals surface area contributed by atoms with Gasteiger partial charge in [-0.25, -0.2) is 0 Å². The van der Waals surface area contributed by atoms with Gasteiger partial charge in [-0.2, -0.15) is 0 Å². The number of nitrogens with one attached hydrogen (secondary N) is 1. The molecule has 1 amide bonds. The van der Waals surface area contributed by atoms with Crippen LogP contribution in [0.5, 0.6) is 0 Å². The highest BCUT2D eigenvalue weighted by molar-refractivity contribution is 7.99. The van der Waals surface area contributed by atoms with E-state index < -0.39 is 0 Å². The molecule has 2 aliphatic rings. The number of amides is 1. The molecule has 0 saturated heterocycles. The molecule has 2 heterocycles. The van der Waals surface area contributed by atoms with Crippen molar-refractivity contribution in [1.82, 2.24) is 14.8 Å². The molecule has 122 valence electrons. The van der Waals surface area contributed by atoms with E-state index in [4.69, 9.17) is 0 Å². The molecule has 3 rings (SSSR count). The lowest BCUT2D eigenvalue weighted by Gasteiger charge is -2.27. The first-order valence-corrected chi connectivity index (χ1v) is 9.63. The van der Waals surface area contributed by atoms with Crippen molar-refractivity contribution in [3.8, 4) is 0 Å². The van der Waals surface area contributed by atoms with E-state index in [2.05, 4.69) is 22.4 Å². The van der Waals surface area contributed by atoms with Crippen LogP contribution in [0.4, 0.5) is 5.95 Å².